The van der Waals surface area contributed by atoms with Crippen LogP contribution in [0.15, 0.2) is 36.4 Å². The molecule has 0 spiro atoms. The number of benzene rings is 1. The molecule has 43 heavy (non-hydrogen) atoms. The molecule has 0 radical (unpaired) electrons. The van der Waals surface area contributed by atoms with Crippen LogP contribution in [0.1, 0.15) is 111 Å². The smallest absolute Gasteiger partial charge is 0.159 e. The fraction of sp³-hybridized carbons (Fsp3) is 0.692. The van der Waals surface area contributed by atoms with Gasteiger partial charge in [-0.25, -0.2) is 0 Å². The van der Waals surface area contributed by atoms with Crippen LogP contribution in [0.3, 0.4) is 0 Å². The number of hydrogen-bond donors (Lipinski definition) is 2. The van der Waals surface area contributed by atoms with Crippen molar-refractivity contribution in [3.63, 3.8) is 0 Å². The summed E-state index contributed by atoms with van der Waals surface area (Å²) < 4.78 is 0. The fourth-order valence-corrected chi connectivity index (χ4v) is 12.9. The Morgan fingerprint density at radius 2 is 1.60 bits per heavy atom. The number of carbonyl (C=O) groups excluding carboxylic acids is 2. The molecule has 234 valence electrons. The van der Waals surface area contributed by atoms with E-state index < -0.39 is 0 Å². The van der Waals surface area contributed by atoms with Gasteiger partial charge in [-0.05, 0) is 146 Å². The molecule has 0 aliphatic heterocycles. The first-order valence-corrected chi connectivity index (χ1v) is 17.0. The number of aromatic hydroxyl groups is 2. The summed E-state index contributed by atoms with van der Waals surface area (Å²) in [7, 11) is 0. The topological polar surface area (TPSA) is 74.6 Å². The summed E-state index contributed by atoms with van der Waals surface area (Å²) >= 11 is 0. The lowest BCUT2D eigenvalue weighted by Gasteiger charge is -2.73. The number of rotatable bonds is 5. The predicted octanol–water partition coefficient (Wildman–Crippen LogP) is 9.15. The Kier molecular flexibility index (Phi) is 7.18. The molecule has 0 bridgehead atoms. The van der Waals surface area contributed by atoms with E-state index in [-0.39, 0.29) is 50.3 Å². The Hall–Kier alpha value is -2.36. The molecule has 5 aliphatic rings. The summed E-state index contributed by atoms with van der Waals surface area (Å²) in [6.45, 7) is 19.1. The third kappa shape index (κ3) is 4.20. The molecule has 0 heterocycles. The highest BCUT2D eigenvalue weighted by Gasteiger charge is 2.71. The van der Waals surface area contributed by atoms with Gasteiger partial charge in [0.05, 0.1) is 0 Å². The first-order valence-electron chi connectivity index (χ1n) is 17.0. The molecule has 10 atom stereocenters. The zero-order valence-corrected chi connectivity index (χ0v) is 27.4. The standard InChI is InChI=1S/C39H54O4/c1-24(2)26-14-19-39(23-40)21-20-37(6)28(34(26)39)10-13-33-36(5)17-15-27(35(3,4)32(36)16-18-38(33,37)7)29(41)11-8-25-9-12-30(42)31(43)22-25/h8-9,11-12,22-23,26-28,32-34,42-43H,1,10,13-21H2,2-7H3/b11-8+/t26-,27+,28+,32-,33+,34+,36-,37+,38+,39+/m0/s1. The molecule has 1 aromatic carbocycles. The van der Waals surface area contributed by atoms with E-state index >= 15 is 0 Å². The van der Waals surface area contributed by atoms with Gasteiger partial charge in [-0.15, -0.1) is 0 Å². The molecule has 6 rings (SSSR count). The van der Waals surface area contributed by atoms with Gasteiger partial charge < -0.3 is 15.0 Å². The van der Waals surface area contributed by atoms with Crippen LogP contribution in [-0.2, 0) is 9.59 Å². The van der Waals surface area contributed by atoms with Crippen molar-refractivity contribution >= 4 is 18.1 Å². The van der Waals surface area contributed by atoms with E-state index in [4.69, 9.17) is 0 Å². The number of allylic oxidation sites excluding steroid dienone is 2. The van der Waals surface area contributed by atoms with Gasteiger partial charge in [0.25, 0.3) is 0 Å². The summed E-state index contributed by atoms with van der Waals surface area (Å²) in [5, 5.41) is 19.5. The van der Waals surface area contributed by atoms with E-state index in [0.717, 1.165) is 44.9 Å². The Balaban J connectivity index is 1.27. The molecule has 0 aromatic heterocycles. The van der Waals surface area contributed by atoms with Crippen molar-refractivity contribution < 1.29 is 19.8 Å². The van der Waals surface area contributed by atoms with Gasteiger partial charge in [-0.2, -0.15) is 0 Å². The second-order valence-electron chi connectivity index (χ2n) is 16.9. The monoisotopic (exact) mass is 586 g/mol. The molecular weight excluding hydrogens is 532 g/mol. The second-order valence-corrected chi connectivity index (χ2v) is 16.9. The van der Waals surface area contributed by atoms with E-state index in [1.54, 1.807) is 18.2 Å². The van der Waals surface area contributed by atoms with Gasteiger partial charge in [-0.3, -0.25) is 4.79 Å². The number of phenolic OH excluding ortho intramolecular Hbond substituents is 2. The lowest BCUT2D eigenvalue weighted by Crippen LogP contribution is -2.66. The molecule has 0 amide bonds. The van der Waals surface area contributed by atoms with Gasteiger partial charge >= 0.3 is 0 Å². The van der Waals surface area contributed by atoms with Gasteiger partial charge in [0.2, 0.25) is 0 Å². The van der Waals surface area contributed by atoms with Crippen molar-refractivity contribution in [2.24, 2.45) is 62.6 Å². The molecule has 0 saturated heterocycles. The average molecular weight is 587 g/mol. The van der Waals surface area contributed by atoms with Crippen molar-refractivity contribution in [3.05, 3.63) is 42.0 Å². The molecule has 1 aromatic rings. The number of carbonyl (C=O) groups is 2. The van der Waals surface area contributed by atoms with Crippen LogP contribution in [0.2, 0.25) is 0 Å². The van der Waals surface area contributed by atoms with Crippen molar-refractivity contribution in [3.8, 4) is 11.5 Å². The van der Waals surface area contributed by atoms with E-state index in [1.807, 2.05) is 0 Å². The summed E-state index contributed by atoms with van der Waals surface area (Å²) in [5.41, 5.74) is 2.37. The largest absolute Gasteiger partial charge is 0.504 e. The third-order valence-corrected chi connectivity index (χ3v) is 15.2. The van der Waals surface area contributed by atoms with Gasteiger partial charge in [0, 0.05) is 11.3 Å². The van der Waals surface area contributed by atoms with Crippen LogP contribution in [0.25, 0.3) is 6.08 Å². The minimum absolute atomic E-state index is 0.0264. The minimum atomic E-state index is -0.171. The van der Waals surface area contributed by atoms with Crippen LogP contribution in [0.4, 0.5) is 0 Å². The molecule has 5 aliphatic carbocycles. The molecule has 4 nitrogen and oxygen atoms in total. The number of ketones is 1. The summed E-state index contributed by atoms with van der Waals surface area (Å²) in [5.74, 6) is 2.42. The van der Waals surface area contributed by atoms with Crippen molar-refractivity contribution in [2.75, 3.05) is 0 Å². The molecular formula is C39H54O4. The summed E-state index contributed by atoms with van der Waals surface area (Å²) in [6.07, 6.45) is 16.0. The van der Waals surface area contributed by atoms with Crippen LogP contribution in [-0.4, -0.2) is 22.3 Å². The number of aldehydes is 1. The van der Waals surface area contributed by atoms with Gasteiger partial charge in [0.15, 0.2) is 17.3 Å². The van der Waals surface area contributed by atoms with E-state index in [1.165, 1.54) is 43.3 Å². The highest BCUT2D eigenvalue weighted by Crippen LogP contribution is 2.77. The lowest BCUT2D eigenvalue weighted by atomic mass is 9.32. The highest BCUT2D eigenvalue weighted by molar-refractivity contribution is 5.96. The minimum Gasteiger partial charge on any atom is -0.504 e. The third-order valence-electron chi connectivity index (χ3n) is 15.2. The Bertz CT molecular complexity index is 1360. The lowest BCUT2D eigenvalue weighted by molar-refractivity contribution is -0.239. The normalized spacial score (nSPS) is 45.0. The maximum Gasteiger partial charge on any atom is 0.159 e. The Morgan fingerprint density at radius 3 is 2.28 bits per heavy atom. The summed E-state index contributed by atoms with van der Waals surface area (Å²) in [4.78, 5) is 26.5. The average Bonchev–Trinajstić information content (AvgIpc) is 3.34. The quantitative estimate of drug-likeness (QED) is 0.156. The molecule has 5 saturated carbocycles. The van der Waals surface area contributed by atoms with Crippen LogP contribution < -0.4 is 0 Å². The second kappa shape index (κ2) is 10.1. The number of fused-ring (bicyclic) bond motifs is 7. The van der Waals surface area contributed by atoms with E-state index in [9.17, 15) is 19.8 Å². The van der Waals surface area contributed by atoms with Crippen molar-refractivity contribution in [1.82, 2.24) is 0 Å². The first kappa shape index (κ1) is 30.7. The summed E-state index contributed by atoms with van der Waals surface area (Å²) in [6, 6.07) is 4.67. The maximum absolute atomic E-state index is 13.7. The zero-order valence-electron chi connectivity index (χ0n) is 27.4. The van der Waals surface area contributed by atoms with Crippen molar-refractivity contribution in [2.45, 2.75) is 106 Å². The van der Waals surface area contributed by atoms with Crippen molar-refractivity contribution in [1.29, 1.82) is 0 Å². The Labute approximate surface area is 259 Å². The van der Waals surface area contributed by atoms with Gasteiger partial charge in [0.1, 0.15) is 6.29 Å². The van der Waals surface area contributed by atoms with Gasteiger partial charge in [-0.1, -0.05) is 58.9 Å². The first-order chi connectivity index (χ1) is 20.1. The molecule has 2 N–H and O–H groups in total. The van der Waals surface area contributed by atoms with E-state index in [0.29, 0.717) is 35.2 Å². The number of phenols is 2. The molecule has 5 fully saturated rings. The van der Waals surface area contributed by atoms with E-state index in [2.05, 4.69) is 48.1 Å². The number of hydrogen-bond acceptors (Lipinski definition) is 4. The SMILES string of the molecule is C=C(C)[C@@H]1CC[C@]2(C=O)CC[C@]3(C)[C@H](CC[C@@H]4[C@@]5(C)CC[C@H](C(=O)/C=C/c6ccc(O)c(O)c6)C(C)(C)[C@@H]5CC[C@]43C)[C@@H]12. The Morgan fingerprint density at radius 1 is 0.860 bits per heavy atom. The zero-order chi connectivity index (χ0) is 31.2. The predicted molar refractivity (Wildman–Crippen MR) is 172 cm³/mol. The van der Waals surface area contributed by atoms with Crippen LogP contribution in [0, 0.1) is 62.6 Å². The van der Waals surface area contributed by atoms with Crippen LogP contribution in [0.5, 0.6) is 11.5 Å². The molecule has 4 heteroatoms. The molecule has 0 unspecified atom stereocenters. The maximum atomic E-state index is 13.7. The highest BCUT2D eigenvalue weighted by atomic mass is 16.3. The van der Waals surface area contributed by atoms with Crippen LogP contribution >= 0.6 is 0 Å². The fourth-order valence-electron chi connectivity index (χ4n) is 12.9.